The Morgan fingerprint density at radius 2 is 1.59 bits per heavy atom. The summed E-state index contributed by atoms with van der Waals surface area (Å²) in [7, 11) is -4.42. The average molecular weight is 249 g/mol. The van der Waals surface area contributed by atoms with Crippen molar-refractivity contribution in [1.82, 2.24) is 0 Å². The molecule has 2 rings (SSSR count). The molecule has 4 heteroatoms. The molecule has 0 atom stereocenters. The highest BCUT2D eigenvalue weighted by atomic mass is 32.2. The van der Waals surface area contributed by atoms with E-state index in [1.807, 2.05) is 26.0 Å². The van der Waals surface area contributed by atoms with Crippen molar-refractivity contribution in [2.75, 3.05) is 0 Å². The summed E-state index contributed by atoms with van der Waals surface area (Å²) < 4.78 is 33.5. The van der Waals surface area contributed by atoms with E-state index in [-0.39, 0.29) is 10.8 Å². The highest BCUT2D eigenvalue weighted by Gasteiger charge is 2.11. The molecule has 0 aliphatic carbocycles. The number of rotatable bonds is 2. The summed E-state index contributed by atoms with van der Waals surface area (Å²) in [6.07, 6.45) is 0. The molecule has 2 aromatic carbocycles. The minimum Gasteiger partial charge on any atom is -0.744 e. The van der Waals surface area contributed by atoms with Crippen molar-refractivity contribution in [2.24, 2.45) is 0 Å². The quantitative estimate of drug-likeness (QED) is 0.769. The van der Waals surface area contributed by atoms with Gasteiger partial charge < -0.3 is 4.55 Å². The standard InChI is InChI=1S/C13H14O3S/c1-9(2)10-7-8-13(17(14,15)16)12-6-4-3-5-11(10)12/h3-9H,1-2H3,(H,14,15,16)/p-1. The second-order valence-corrected chi connectivity index (χ2v) is 5.66. The van der Waals surface area contributed by atoms with Crippen LogP contribution in [0.4, 0.5) is 0 Å². The number of fused-ring (bicyclic) bond motifs is 1. The van der Waals surface area contributed by atoms with E-state index in [0.29, 0.717) is 5.39 Å². The smallest absolute Gasteiger partial charge is 0.125 e. The highest BCUT2D eigenvalue weighted by Crippen LogP contribution is 2.29. The molecule has 17 heavy (non-hydrogen) atoms. The molecule has 0 aliphatic rings. The molecule has 3 nitrogen and oxygen atoms in total. The molecular weight excluding hydrogens is 236 g/mol. The Balaban J connectivity index is 2.90. The fraction of sp³-hybridized carbons (Fsp3) is 0.231. The summed E-state index contributed by atoms with van der Waals surface area (Å²) >= 11 is 0. The molecule has 0 saturated carbocycles. The summed E-state index contributed by atoms with van der Waals surface area (Å²) in [6, 6.07) is 10.2. The van der Waals surface area contributed by atoms with Crippen LogP contribution in [-0.4, -0.2) is 13.0 Å². The molecule has 0 radical (unpaired) electrons. The van der Waals surface area contributed by atoms with Crippen LogP contribution in [0, 0.1) is 0 Å². The van der Waals surface area contributed by atoms with Crippen molar-refractivity contribution in [3.05, 3.63) is 42.0 Å². The van der Waals surface area contributed by atoms with Crippen LogP contribution in [-0.2, 0) is 10.1 Å². The van der Waals surface area contributed by atoms with Gasteiger partial charge in [0.05, 0.1) is 4.90 Å². The van der Waals surface area contributed by atoms with E-state index in [1.54, 1.807) is 18.2 Å². The summed E-state index contributed by atoms with van der Waals surface area (Å²) in [6.45, 7) is 4.07. The lowest BCUT2D eigenvalue weighted by Gasteiger charge is -2.15. The molecule has 0 bridgehead atoms. The van der Waals surface area contributed by atoms with Gasteiger partial charge in [0, 0.05) is 0 Å². The minimum atomic E-state index is -4.42. The molecule has 0 aliphatic heterocycles. The van der Waals surface area contributed by atoms with Crippen molar-refractivity contribution >= 4 is 20.9 Å². The summed E-state index contributed by atoms with van der Waals surface area (Å²) in [4.78, 5) is -0.141. The van der Waals surface area contributed by atoms with E-state index in [2.05, 4.69) is 0 Å². The van der Waals surface area contributed by atoms with Crippen molar-refractivity contribution in [3.8, 4) is 0 Å². The van der Waals surface area contributed by atoms with Gasteiger partial charge in [-0.15, -0.1) is 0 Å². The lowest BCUT2D eigenvalue weighted by atomic mass is 9.96. The number of benzene rings is 2. The Morgan fingerprint density at radius 1 is 1.00 bits per heavy atom. The molecule has 2 aromatic rings. The first-order valence-electron chi connectivity index (χ1n) is 5.39. The van der Waals surface area contributed by atoms with Crippen LogP contribution >= 0.6 is 0 Å². The first-order valence-corrected chi connectivity index (χ1v) is 6.79. The van der Waals surface area contributed by atoms with E-state index in [4.69, 9.17) is 0 Å². The van der Waals surface area contributed by atoms with E-state index >= 15 is 0 Å². The van der Waals surface area contributed by atoms with Gasteiger partial charge >= 0.3 is 0 Å². The first-order chi connectivity index (χ1) is 7.91. The molecule has 0 spiro atoms. The molecule has 0 unspecified atom stereocenters. The Hall–Kier alpha value is -1.39. The van der Waals surface area contributed by atoms with E-state index < -0.39 is 10.1 Å². The molecule has 0 aromatic heterocycles. The molecule has 90 valence electrons. The summed E-state index contributed by atoms with van der Waals surface area (Å²) in [5.74, 6) is 0.281. The maximum absolute atomic E-state index is 11.2. The zero-order valence-corrected chi connectivity index (χ0v) is 10.5. The van der Waals surface area contributed by atoms with Crippen molar-refractivity contribution in [3.63, 3.8) is 0 Å². The second-order valence-electron chi connectivity index (χ2n) is 4.31. The third-order valence-electron chi connectivity index (χ3n) is 2.81. The van der Waals surface area contributed by atoms with Gasteiger partial charge in [-0.3, -0.25) is 0 Å². The molecule has 0 heterocycles. The predicted octanol–water partition coefficient (Wildman–Crippen LogP) is 2.87. The number of hydrogen-bond donors (Lipinski definition) is 0. The van der Waals surface area contributed by atoms with Crippen LogP contribution in [0.1, 0.15) is 25.3 Å². The van der Waals surface area contributed by atoms with E-state index in [1.165, 1.54) is 6.07 Å². The van der Waals surface area contributed by atoms with E-state index in [9.17, 15) is 13.0 Å². The Morgan fingerprint density at radius 3 is 2.12 bits per heavy atom. The van der Waals surface area contributed by atoms with Crippen molar-refractivity contribution in [1.29, 1.82) is 0 Å². The lowest BCUT2D eigenvalue weighted by molar-refractivity contribution is 0.464. The normalized spacial score (nSPS) is 12.2. The molecular formula is C13H13O3S-. The van der Waals surface area contributed by atoms with E-state index in [0.717, 1.165) is 10.9 Å². The zero-order valence-electron chi connectivity index (χ0n) is 9.67. The maximum atomic E-state index is 11.2. The van der Waals surface area contributed by atoms with Gasteiger partial charge in [0.25, 0.3) is 0 Å². The number of hydrogen-bond acceptors (Lipinski definition) is 3. The van der Waals surface area contributed by atoms with Gasteiger partial charge in [-0.05, 0) is 28.3 Å². The van der Waals surface area contributed by atoms with Crippen LogP contribution in [0.25, 0.3) is 10.8 Å². The maximum Gasteiger partial charge on any atom is 0.125 e. The second kappa shape index (κ2) is 4.13. The first kappa shape index (κ1) is 12.1. The highest BCUT2D eigenvalue weighted by molar-refractivity contribution is 7.86. The fourth-order valence-electron chi connectivity index (χ4n) is 2.02. The topological polar surface area (TPSA) is 57.2 Å². The van der Waals surface area contributed by atoms with Crippen LogP contribution < -0.4 is 0 Å². The average Bonchev–Trinajstić information content (AvgIpc) is 2.26. The fourth-order valence-corrected chi connectivity index (χ4v) is 2.70. The van der Waals surface area contributed by atoms with Crippen molar-refractivity contribution < 1.29 is 13.0 Å². The van der Waals surface area contributed by atoms with Crippen LogP contribution in [0.15, 0.2) is 41.3 Å². The Labute approximate surface area is 101 Å². The Bertz CT molecular complexity index is 657. The van der Waals surface area contributed by atoms with Gasteiger partial charge in [-0.1, -0.05) is 44.2 Å². The van der Waals surface area contributed by atoms with Crippen LogP contribution in [0.5, 0.6) is 0 Å². The third kappa shape index (κ3) is 2.18. The minimum absolute atomic E-state index is 0.141. The largest absolute Gasteiger partial charge is 0.744 e. The molecule has 0 amide bonds. The van der Waals surface area contributed by atoms with Gasteiger partial charge in [-0.2, -0.15) is 0 Å². The summed E-state index contributed by atoms with van der Waals surface area (Å²) in [5, 5.41) is 1.34. The van der Waals surface area contributed by atoms with Crippen LogP contribution in [0.2, 0.25) is 0 Å². The lowest BCUT2D eigenvalue weighted by Crippen LogP contribution is -2.01. The van der Waals surface area contributed by atoms with Crippen molar-refractivity contribution in [2.45, 2.75) is 24.7 Å². The third-order valence-corrected chi connectivity index (χ3v) is 3.70. The van der Waals surface area contributed by atoms with Crippen LogP contribution in [0.3, 0.4) is 0 Å². The van der Waals surface area contributed by atoms with Gasteiger partial charge in [0.15, 0.2) is 0 Å². The Kier molecular flexibility index (Phi) is 2.93. The van der Waals surface area contributed by atoms with Gasteiger partial charge in [0.2, 0.25) is 0 Å². The molecule has 0 fully saturated rings. The monoisotopic (exact) mass is 249 g/mol. The van der Waals surface area contributed by atoms with Gasteiger partial charge in [0.1, 0.15) is 10.1 Å². The predicted molar refractivity (Wildman–Crippen MR) is 66.0 cm³/mol. The van der Waals surface area contributed by atoms with Gasteiger partial charge in [-0.25, -0.2) is 8.42 Å². The zero-order chi connectivity index (χ0) is 12.6. The summed E-state index contributed by atoms with van der Waals surface area (Å²) in [5.41, 5.74) is 1.05. The molecule has 0 N–H and O–H groups in total. The SMILES string of the molecule is CC(C)c1ccc(S(=O)(=O)[O-])c2ccccc12. The molecule has 0 saturated heterocycles.